The molecule has 0 aliphatic carbocycles. The van der Waals surface area contributed by atoms with Crippen LogP contribution in [0, 0.1) is 0 Å². The normalized spacial score (nSPS) is 32.1. The summed E-state index contributed by atoms with van der Waals surface area (Å²) in [5.41, 5.74) is 0.897. The smallest absolute Gasteiger partial charge is 0.186 e. The second-order valence-electron chi connectivity index (χ2n) is 5.10. The van der Waals surface area contributed by atoms with Gasteiger partial charge >= 0.3 is 0 Å². The van der Waals surface area contributed by atoms with E-state index in [0.717, 1.165) is 5.56 Å². The summed E-state index contributed by atoms with van der Waals surface area (Å²) in [4.78, 5) is 0. The van der Waals surface area contributed by atoms with E-state index in [2.05, 4.69) is 15.9 Å². The van der Waals surface area contributed by atoms with Crippen LogP contribution in [0.4, 0.5) is 0 Å². The fraction of sp³-hybridized carbons (Fsp3) is 0.571. The quantitative estimate of drug-likeness (QED) is 0.469. The molecule has 0 radical (unpaired) electrons. The molecule has 1 aromatic carbocycles. The number of phenols is 1. The number of benzene rings is 1. The Morgan fingerprint density at radius 1 is 1.14 bits per heavy atom. The Bertz CT molecular complexity index is 496. The SMILES string of the molecule is OC[C@H]1O[C@@H](OCCc2ccc(O)c(Br)c2)[C@H](O)[C@@H](O)[C@H]1O. The van der Waals surface area contributed by atoms with Crippen molar-refractivity contribution in [3.8, 4) is 5.75 Å². The molecule has 22 heavy (non-hydrogen) atoms. The summed E-state index contributed by atoms with van der Waals surface area (Å²) in [5.74, 6) is 0.138. The molecule has 5 N–H and O–H groups in total. The number of hydrogen-bond donors (Lipinski definition) is 5. The highest BCUT2D eigenvalue weighted by Gasteiger charge is 2.43. The number of phenolic OH excluding ortho intramolecular Hbond substituents is 1. The summed E-state index contributed by atoms with van der Waals surface area (Å²) in [6, 6.07) is 5.02. The average molecular weight is 379 g/mol. The van der Waals surface area contributed by atoms with Gasteiger partial charge in [0.05, 0.1) is 17.7 Å². The number of rotatable bonds is 5. The first-order chi connectivity index (χ1) is 10.4. The number of ether oxygens (including phenoxy) is 2. The third-order valence-electron chi connectivity index (χ3n) is 3.53. The van der Waals surface area contributed by atoms with Crippen LogP contribution in [0.2, 0.25) is 0 Å². The van der Waals surface area contributed by atoms with E-state index in [-0.39, 0.29) is 12.4 Å². The zero-order chi connectivity index (χ0) is 16.3. The van der Waals surface area contributed by atoms with E-state index in [1.807, 2.05) is 0 Å². The van der Waals surface area contributed by atoms with Crippen LogP contribution in [0.15, 0.2) is 22.7 Å². The van der Waals surface area contributed by atoms with Crippen LogP contribution in [0.5, 0.6) is 5.75 Å². The van der Waals surface area contributed by atoms with Crippen LogP contribution in [0.3, 0.4) is 0 Å². The molecule has 1 heterocycles. The highest BCUT2D eigenvalue weighted by molar-refractivity contribution is 9.10. The molecule has 8 heteroatoms. The first-order valence-corrected chi connectivity index (χ1v) is 7.63. The summed E-state index contributed by atoms with van der Waals surface area (Å²) in [5, 5.41) is 47.6. The van der Waals surface area contributed by atoms with Crippen LogP contribution >= 0.6 is 15.9 Å². The van der Waals surface area contributed by atoms with Crippen molar-refractivity contribution < 1.29 is 35.0 Å². The van der Waals surface area contributed by atoms with Gasteiger partial charge in [-0.2, -0.15) is 0 Å². The maximum Gasteiger partial charge on any atom is 0.186 e. The Labute approximate surface area is 135 Å². The highest BCUT2D eigenvalue weighted by atomic mass is 79.9. The fourth-order valence-electron chi connectivity index (χ4n) is 2.20. The van der Waals surface area contributed by atoms with Crippen LogP contribution < -0.4 is 0 Å². The van der Waals surface area contributed by atoms with Crippen molar-refractivity contribution in [2.75, 3.05) is 13.2 Å². The first-order valence-electron chi connectivity index (χ1n) is 6.83. The molecule has 0 aromatic heterocycles. The predicted octanol–water partition coefficient (Wildman–Crippen LogP) is -0.486. The molecule has 0 spiro atoms. The molecule has 0 saturated carbocycles. The Kier molecular flexibility index (Phi) is 6.16. The molecular weight excluding hydrogens is 360 g/mol. The van der Waals surface area contributed by atoms with E-state index in [0.29, 0.717) is 10.9 Å². The Balaban J connectivity index is 1.88. The molecule has 0 amide bonds. The Morgan fingerprint density at radius 2 is 1.86 bits per heavy atom. The minimum atomic E-state index is -1.45. The van der Waals surface area contributed by atoms with Crippen LogP contribution in [0.1, 0.15) is 5.56 Å². The number of aromatic hydroxyl groups is 1. The van der Waals surface area contributed by atoms with Gasteiger partial charge in [0.25, 0.3) is 0 Å². The molecule has 0 bridgehead atoms. The van der Waals surface area contributed by atoms with Crippen LogP contribution in [0.25, 0.3) is 0 Å². The van der Waals surface area contributed by atoms with Gasteiger partial charge in [-0.15, -0.1) is 0 Å². The third-order valence-corrected chi connectivity index (χ3v) is 4.17. The first kappa shape index (κ1) is 17.6. The highest BCUT2D eigenvalue weighted by Crippen LogP contribution is 2.25. The fourth-order valence-corrected chi connectivity index (χ4v) is 2.63. The molecular formula is C14H19BrO7. The van der Waals surface area contributed by atoms with Crippen molar-refractivity contribution in [2.45, 2.75) is 37.1 Å². The lowest BCUT2D eigenvalue weighted by Gasteiger charge is -2.39. The molecule has 1 aliphatic heterocycles. The predicted molar refractivity (Wildman–Crippen MR) is 79.2 cm³/mol. The van der Waals surface area contributed by atoms with Crippen LogP contribution in [-0.2, 0) is 15.9 Å². The Morgan fingerprint density at radius 3 is 2.50 bits per heavy atom. The molecule has 2 rings (SSSR count). The molecule has 124 valence electrons. The summed E-state index contributed by atoms with van der Waals surface area (Å²) < 4.78 is 11.2. The average Bonchev–Trinajstić information content (AvgIpc) is 2.51. The van der Waals surface area contributed by atoms with Crippen molar-refractivity contribution in [1.29, 1.82) is 0 Å². The van der Waals surface area contributed by atoms with E-state index < -0.39 is 37.3 Å². The number of hydrogen-bond acceptors (Lipinski definition) is 7. The second-order valence-corrected chi connectivity index (χ2v) is 5.96. The number of aliphatic hydroxyl groups is 4. The molecule has 7 nitrogen and oxygen atoms in total. The van der Waals surface area contributed by atoms with Gasteiger partial charge in [-0.1, -0.05) is 6.07 Å². The topological polar surface area (TPSA) is 120 Å². The maximum absolute atomic E-state index is 9.82. The lowest BCUT2D eigenvalue weighted by atomic mass is 9.99. The minimum Gasteiger partial charge on any atom is -0.507 e. The van der Waals surface area contributed by atoms with Gasteiger partial charge in [0.15, 0.2) is 6.29 Å². The lowest BCUT2D eigenvalue weighted by molar-refractivity contribution is -0.300. The van der Waals surface area contributed by atoms with Crippen molar-refractivity contribution in [3.63, 3.8) is 0 Å². The third kappa shape index (κ3) is 3.96. The second kappa shape index (κ2) is 7.69. The zero-order valence-corrected chi connectivity index (χ0v) is 13.3. The molecule has 1 aliphatic rings. The molecule has 1 aromatic rings. The number of halogens is 1. The van der Waals surface area contributed by atoms with Gasteiger partial charge in [0.1, 0.15) is 30.2 Å². The van der Waals surface area contributed by atoms with Crippen LogP contribution in [-0.4, -0.2) is 69.5 Å². The van der Waals surface area contributed by atoms with Gasteiger partial charge in [0, 0.05) is 0 Å². The minimum absolute atomic E-state index is 0.138. The van der Waals surface area contributed by atoms with Crippen molar-refractivity contribution in [1.82, 2.24) is 0 Å². The zero-order valence-electron chi connectivity index (χ0n) is 11.7. The van der Waals surface area contributed by atoms with E-state index in [1.54, 1.807) is 18.2 Å². The molecule has 1 fully saturated rings. The maximum atomic E-state index is 9.82. The van der Waals surface area contributed by atoms with Gasteiger partial charge in [-0.25, -0.2) is 0 Å². The molecule has 1 saturated heterocycles. The number of aliphatic hydroxyl groups excluding tert-OH is 4. The van der Waals surface area contributed by atoms with E-state index in [1.165, 1.54) is 0 Å². The largest absolute Gasteiger partial charge is 0.507 e. The van der Waals surface area contributed by atoms with E-state index >= 15 is 0 Å². The van der Waals surface area contributed by atoms with Gasteiger partial charge in [-0.3, -0.25) is 0 Å². The van der Waals surface area contributed by atoms with Gasteiger partial charge in [-0.05, 0) is 40.0 Å². The monoisotopic (exact) mass is 378 g/mol. The summed E-state index contributed by atoms with van der Waals surface area (Å²) >= 11 is 3.21. The summed E-state index contributed by atoms with van der Waals surface area (Å²) in [7, 11) is 0. The lowest BCUT2D eigenvalue weighted by Crippen LogP contribution is -2.59. The Hall–Kier alpha value is -0.740. The van der Waals surface area contributed by atoms with E-state index in [4.69, 9.17) is 14.6 Å². The van der Waals surface area contributed by atoms with Gasteiger partial charge < -0.3 is 35.0 Å². The standard InChI is InChI=1S/C14H19BrO7/c15-8-5-7(1-2-9(8)17)3-4-21-14-13(20)12(19)11(18)10(6-16)22-14/h1-2,5,10-14,16-20H,3-4,6H2/t10-,11+,12+,13-,14-/m1/s1. The molecule has 0 unspecified atom stereocenters. The van der Waals surface area contributed by atoms with E-state index in [9.17, 15) is 20.4 Å². The van der Waals surface area contributed by atoms with Gasteiger partial charge in [0.2, 0.25) is 0 Å². The van der Waals surface area contributed by atoms with Crippen molar-refractivity contribution in [2.24, 2.45) is 0 Å². The summed E-state index contributed by atoms with van der Waals surface area (Å²) in [6.45, 7) is -0.296. The van der Waals surface area contributed by atoms with Crippen molar-refractivity contribution >= 4 is 15.9 Å². The van der Waals surface area contributed by atoms with Crippen molar-refractivity contribution in [3.05, 3.63) is 28.2 Å². The molecule has 5 atom stereocenters. The summed E-state index contributed by atoms with van der Waals surface area (Å²) in [6.07, 6.45) is -5.85.